The number of hydrogen-bond donors (Lipinski definition) is 0. The van der Waals surface area contributed by atoms with Crippen LogP contribution >= 0.6 is 11.3 Å². The number of likely N-dealkylation sites (tertiary alicyclic amines) is 2. The fourth-order valence-corrected chi connectivity index (χ4v) is 4.74. The van der Waals surface area contributed by atoms with Gasteiger partial charge in [0.25, 0.3) is 5.91 Å². The molecule has 1 spiro atoms. The van der Waals surface area contributed by atoms with Crippen LogP contribution in [0.1, 0.15) is 35.2 Å². The molecule has 1 unspecified atom stereocenters. The molecule has 0 saturated carbocycles. The van der Waals surface area contributed by atoms with E-state index in [4.69, 9.17) is 0 Å². The molecule has 6 heteroatoms. The Morgan fingerprint density at radius 3 is 2.69 bits per heavy atom. The van der Waals surface area contributed by atoms with E-state index in [0.717, 1.165) is 31.4 Å². The molecule has 0 bridgehead atoms. The van der Waals surface area contributed by atoms with Crippen molar-refractivity contribution in [3.8, 4) is 0 Å². The van der Waals surface area contributed by atoms with Gasteiger partial charge in [-0.1, -0.05) is 12.1 Å². The number of rotatable bonds is 3. The Labute approximate surface area is 156 Å². The van der Waals surface area contributed by atoms with Crippen LogP contribution in [0.3, 0.4) is 0 Å². The van der Waals surface area contributed by atoms with Crippen LogP contribution in [0.15, 0.2) is 41.1 Å². The van der Waals surface area contributed by atoms with E-state index in [1.807, 2.05) is 26.6 Å². The molecule has 4 nitrogen and oxygen atoms in total. The van der Waals surface area contributed by atoms with Crippen LogP contribution < -0.4 is 0 Å². The normalized spacial score (nSPS) is 23.0. The minimum Gasteiger partial charge on any atom is -0.338 e. The second-order valence-corrected chi connectivity index (χ2v) is 8.01. The van der Waals surface area contributed by atoms with Crippen LogP contribution in [0.2, 0.25) is 0 Å². The van der Waals surface area contributed by atoms with E-state index in [1.54, 1.807) is 12.1 Å². The largest absolute Gasteiger partial charge is 0.338 e. The lowest BCUT2D eigenvalue weighted by Gasteiger charge is -2.39. The number of halogens is 1. The molecule has 0 aliphatic carbocycles. The highest BCUT2D eigenvalue weighted by Gasteiger charge is 2.49. The quantitative estimate of drug-likeness (QED) is 0.827. The predicted molar refractivity (Wildman–Crippen MR) is 98.3 cm³/mol. The van der Waals surface area contributed by atoms with Gasteiger partial charge in [-0.15, -0.1) is 0 Å². The van der Waals surface area contributed by atoms with Crippen molar-refractivity contribution in [1.29, 1.82) is 0 Å². The molecule has 1 aromatic carbocycles. The zero-order valence-corrected chi connectivity index (χ0v) is 15.3. The van der Waals surface area contributed by atoms with Gasteiger partial charge in [-0.05, 0) is 48.4 Å². The molecule has 3 heterocycles. The van der Waals surface area contributed by atoms with Crippen LogP contribution in [0.25, 0.3) is 0 Å². The van der Waals surface area contributed by atoms with Crippen LogP contribution in [0.5, 0.6) is 0 Å². The first-order chi connectivity index (χ1) is 12.6. The molecule has 2 fully saturated rings. The Morgan fingerprint density at radius 2 is 1.96 bits per heavy atom. The van der Waals surface area contributed by atoms with Crippen LogP contribution in [0, 0.1) is 11.2 Å². The average Bonchev–Trinajstić information content (AvgIpc) is 3.31. The van der Waals surface area contributed by atoms with E-state index in [2.05, 4.69) is 0 Å². The van der Waals surface area contributed by atoms with Crippen LogP contribution in [-0.2, 0) is 11.3 Å². The first-order valence-electron chi connectivity index (χ1n) is 8.93. The van der Waals surface area contributed by atoms with Crippen molar-refractivity contribution in [1.82, 2.24) is 9.80 Å². The van der Waals surface area contributed by atoms with Gasteiger partial charge in [0, 0.05) is 31.6 Å². The number of hydrogen-bond acceptors (Lipinski definition) is 3. The summed E-state index contributed by atoms with van der Waals surface area (Å²) in [6.45, 7) is 2.35. The molecule has 26 heavy (non-hydrogen) atoms. The molecule has 2 aromatic rings. The molecule has 2 amide bonds. The Balaban J connectivity index is 1.47. The van der Waals surface area contributed by atoms with E-state index in [-0.39, 0.29) is 17.6 Å². The van der Waals surface area contributed by atoms with E-state index in [9.17, 15) is 14.0 Å². The van der Waals surface area contributed by atoms with Crippen molar-refractivity contribution >= 4 is 23.2 Å². The second-order valence-electron chi connectivity index (χ2n) is 7.23. The van der Waals surface area contributed by atoms with Gasteiger partial charge >= 0.3 is 0 Å². The third-order valence-electron chi connectivity index (χ3n) is 5.52. The van der Waals surface area contributed by atoms with Crippen molar-refractivity contribution in [3.63, 3.8) is 0 Å². The van der Waals surface area contributed by atoms with E-state index in [0.29, 0.717) is 25.2 Å². The van der Waals surface area contributed by atoms with Crippen molar-refractivity contribution in [2.75, 3.05) is 19.6 Å². The maximum absolute atomic E-state index is 13.2. The van der Waals surface area contributed by atoms with Gasteiger partial charge in [0.05, 0.1) is 11.0 Å². The van der Waals surface area contributed by atoms with Gasteiger partial charge in [0.15, 0.2) is 0 Å². The number of benzene rings is 1. The predicted octanol–water partition coefficient (Wildman–Crippen LogP) is 3.54. The monoisotopic (exact) mass is 372 g/mol. The highest BCUT2D eigenvalue weighted by atomic mass is 32.1. The van der Waals surface area contributed by atoms with Crippen molar-refractivity contribution in [2.45, 2.75) is 25.8 Å². The number of carbonyl (C=O) groups excluding carboxylic acids is 2. The molecule has 1 atom stereocenters. The maximum atomic E-state index is 13.2. The summed E-state index contributed by atoms with van der Waals surface area (Å²) in [5.41, 5.74) is 1.18. The average molecular weight is 372 g/mol. The molecule has 2 aliphatic heterocycles. The smallest absolute Gasteiger partial charge is 0.254 e. The molecule has 4 rings (SSSR count). The molecule has 0 radical (unpaired) electrons. The van der Waals surface area contributed by atoms with E-state index in [1.165, 1.54) is 23.5 Å². The molecular formula is C20H21FN2O2S. The standard InChI is InChI=1S/C20H21FN2O2S/c21-17-4-2-15(3-5-17)12-22-9-1-7-20(19(22)25)8-10-23(14-20)18(24)16-6-11-26-13-16/h2-6,11,13H,1,7-10,12,14H2. The lowest BCUT2D eigenvalue weighted by Crippen LogP contribution is -2.50. The summed E-state index contributed by atoms with van der Waals surface area (Å²) in [4.78, 5) is 29.5. The SMILES string of the molecule is O=C(c1ccsc1)N1CCC2(CCCN(Cc3ccc(F)cc3)C2=O)C1. The zero-order valence-electron chi connectivity index (χ0n) is 14.5. The topological polar surface area (TPSA) is 40.6 Å². The van der Waals surface area contributed by atoms with Crippen molar-refractivity contribution in [3.05, 3.63) is 58.0 Å². The van der Waals surface area contributed by atoms with Gasteiger partial charge < -0.3 is 9.80 Å². The Bertz CT molecular complexity index is 806. The number of piperidine rings is 1. The van der Waals surface area contributed by atoms with Crippen molar-refractivity contribution < 1.29 is 14.0 Å². The van der Waals surface area contributed by atoms with Gasteiger partial charge in [-0.25, -0.2) is 4.39 Å². The molecule has 1 aromatic heterocycles. The number of thiophene rings is 1. The molecular weight excluding hydrogens is 351 g/mol. The molecule has 136 valence electrons. The Morgan fingerprint density at radius 1 is 1.15 bits per heavy atom. The van der Waals surface area contributed by atoms with Gasteiger partial charge in [-0.2, -0.15) is 11.3 Å². The first-order valence-corrected chi connectivity index (χ1v) is 9.87. The van der Waals surface area contributed by atoms with Gasteiger partial charge in [0.2, 0.25) is 5.91 Å². The minimum atomic E-state index is -0.454. The summed E-state index contributed by atoms with van der Waals surface area (Å²) in [6, 6.07) is 8.14. The summed E-state index contributed by atoms with van der Waals surface area (Å²) < 4.78 is 13.1. The number of amides is 2. The van der Waals surface area contributed by atoms with Crippen LogP contribution in [-0.4, -0.2) is 41.2 Å². The van der Waals surface area contributed by atoms with E-state index < -0.39 is 5.41 Å². The van der Waals surface area contributed by atoms with Gasteiger partial charge in [-0.3, -0.25) is 9.59 Å². The van der Waals surface area contributed by atoms with Crippen LogP contribution in [0.4, 0.5) is 4.39 Å². The molecule has 2 saturated heterocycles. The zero-order chi connectivity index (χ0) is 18.1. The Hall–Kier alpha value is -2.21. The summed E-state index contributed by atoms with van der Waals surface area (Å²) in [7, 11) is 0. The third-order valence-corrected chi connectivity index (χ3v) is 6.20. The maximum Gasteiger partial charge on any atom is 0.254 e. The number of carbonyl (C=O) groups is 2. The fraction of sp³-hybridized carbons (Fsp3) is 0.400. The molecule has 0 N–H and O–H groups in total. The fourth-order valence-electron chi connectivity index (χ4n) is 4.11. The Kier molecular flexibility index (Phi) is 4.53. The van der Waals surface area contributed by atoms with Gasteiger partial charge in [0.1, 0.15) is 5.82 Å². The first kappa shape index (κ1) is 17.2. The summed E-state index contributed by atoms with van der Waals surface area (Å²) in [6.07, 6.45) is 2.49. The second kappa shape index (κ2) is 6.83. The summed E-state index contributed by atoms with van der Waals surface area (Å²) in [5.74, 6) is -0.117. The number of nitrogens with zero attached hydrogens (tertiary/aromatic N) is 2. The van der Waals surface area contributed by atoms with E-state index >= 15 is 0 Å². The minimum absolute atomic E-state index is 0.0200. The summed E-state index contributed by atoms with van der Waals surface area (Å²) in [5, 5.41) is 3.76. The lowest BCUT2D eigenvalue weighted by molar-refractivity contribution is -0.146. The highest BCUT2D eigenvalue weighted by molar-refractivity contribution is 7.08. The molecule has 2 aliphatic rings. The third kappa shape index (κ3) is 3.14. The summed E-state index contributed by atoms with van der Waals surface area (Å²) >= 11 is 1.51. The lowest BCUT2D eigenvalue weighted by atomic mass is 9.78. The highest BCUT2D eigenvalue weighted by Crippen LogP contribution is 2.41. The van der Waals surface area contributed by atoms with Crippen molar-refractivity contribution in [2.24, 2.45) is 5.41 Å².